The molecule has 1 aromatic heterocycles. The van der Waals surface area contributed by atoms with Gasteiger partial charge in [0.05, 0.1) is 24.2 Å². The molecule has 0 aliphatic rings. The zero-order valence-electron chi connectivity index (χ0n) is 16.8. The molecule has 29 heavy (non-hydrogen) atoms. The lowest BCUT2D eigenvalue weighted by Crippen LogP contribution is -2.27. The predicted molar refractivity (Wildman–Crippen MR) is 114 cm³/mol. The molecular weight excluding hydrogens is 388 g/mol. The first-order valence-electron chi connectivity index (χ1n) is 9.14. The SMILES string of the molecule is Cc1ccc(-n2ncc(C(C)NC(=O)c3ccc(NS(C)(=O)=O)cc3)c2C)cc1. The largest absolute Gasteiger partial charge is 0.345 e. The Kier molecular flexibility index (Phi) is 5.74. The van der Waals surface area contributed by atoms with Gasteiger partial charge in [-0.1, -0.05) is 17.7 Å². The summed E-state index contributed by atoms with van der Waals surface area (Å²) in [7, 11) is -3.35. The molecule has 0 bridgehead atoms. The van der Waals surface area contributed by atoms with Crippen molar-refractivity contribution in [2.45, 2.75) is 26.8 Å². The summed E-state index contributed by atoms with van der Waals surface area (Å²) >= 11 is 0. The van der Waals surface area contributed by atoms with Gasteiger partial charge in [-0.25, -0.2) is 13.1 Å². The minimum absolute atomic E-state index is 0.240. The number of hydrogen-bond acceptors (Lipinski definition) is 4. The van der Waals surface area contributed by atoms with E-state index in [1.165, 1.54) is 5.56 Å². The van der Waals surface area contributed by atoms with Crippen molar-refractivity contribution >= 4 is 21.6 Å². The van der Waals surface area contributed by atoms with E-state index in [1.807, 2.05) is 49.7 Å². The molecule has 1 atom stereocenters. The molecule has 0 fully saturated rings. The van der Waals surface area contributed by atoms with Crippen molar-refractivity contribution in [3.8, 4) is 5.69 Å². The highest BCUT2D eigenvalue weighted by molar-refractivity contribution is 7.92. The van der Waals surface area contributed by atoms with Crippen LogP contribution in [-0.4, -0.2) is 30.4 Å². The molecule has 7 nitrogen and oxygen atoms in total. The maximum atomic E-state index is 12.6. The zero-order chi connectivity index (χ0) is 21.2. The standard InChI is InChI=1S/C21H24N4O3S/c1-14-5-11-19(12-6-14)25-16(3)20(13-22-25)15(2)23-21(26)17-7-9-18(10-8-17)24-29(4,27)28/h5-13,15,24H,1-4H3,(H,23,26). The van der Waals surface area contributed by atoms with Gasteiger partial charge in [-0.15, -0.1) is 0 Å². The number of benzene rings is 2. The Balaban J connectivity index is 1.72. The van der Waals surface area contributed by atoms with E-state index in [-0.39, 0.29) is 11.9 Å². The number of nitrogens with one attached hydrogen (secondary N) is 2. The molecule has 3 aromatic rings. The maximum absolute atomic E-state index is 12.6. The highest BCUT2D eigenvalue weighted by Gasteiger charge is 2.17. The van der Waals surface area contributed by atoms with Crippen molar-refractivity contribution in [3.63, 3.8) is 0 Å². The zero-order valence-corrected chi connectivity index (χ0v) is 17.6. The fourth-order valence-electron chi connectivity index (χ4n) is 3.06. The Labute approximate surface area is 170 Å². The monoisotopic (exact) mass is 412 g/mol. The summed E-state index contributed by atoms with van der Waals surface area (Å²) in [5.41, 5.74) is 4.87. The van der Waals surface area contributed by atoms with Gasteiger partial charge in [0.1, 0.15) is 0 Å². The Hall–Kier alpha value is -3.13. The van der Waals surface area contributed by atoms with Gasteiger partial charge in [-0.05, 0) is 57.2 Å². The van der Waals surface area contributed by atoms with Crippen LogP contribution in [0.5, 0.6) is 0 Å². The molecule has 0 aliphatic carbocycles. The summed E-state index contributed by atoms with van der Waals surface area (Å²) in [4.78, 5) is 12.6. The molecule has 3 rings (SSSR count). The van der Waals surface area contributed by atoms with Gasteiger partial charge in [0.25, 0.3) is 5.91 Å². The van der Waals surface area contributed by atoms with E-state index in [0.717, 1.165) is 23.2 Å². The molecule has 0 saturated heterocycles. The number of carbonyl (C=O) groups excluding carboxylic acids is 1. The molecule has 1 amide bonds. The molecule has 2 N–H and O–H groups in total. The molecule has 0 radical (unpaired) electrons. The molecule has 0 spiro atoms. The average molecular weight is 413 g/mol. The van der Waals surface area contributed by atoms with Gasteiger partial charge < -0.3 is 5.32 Å². The first-order valence-corrected chi connectivity index (χ1v) is 11.0. The Morgan fingerprint density at radius 3 is 2.24 bits per heavy atom. The number of hydrogen-bond donors (Lipinski definition) is 2. The van der Waals surface area contributed by atoms with Crippen LogP contribution in [0.1, 0.15) is 40.1 Å². The highest BCUT2D eigenvalue weighted by atomic mass is 32.2. The second-order valence-corrected chi connectivity index (χ2v) is 8.83. The van der Waals surface area contributed by atoms with Crippen molar-refractivity contribution in [1.82, 2.24) is 15.1 Å². The summed E-state index contributed by atoms with van der Waals surface area (Å²) < 4.78 is 26.8. The van der Waals surface area contributed by atoms with Crippen LogP contribution >= 0.6 is 0 Å². The summed E-state index contributed by atoms with van der Waals surface area (Å²) in [6, 6.07) is 14.1. The third-order valence-electron chi connectivity index (χ3n) is 4.59. The second kappa shape index (κ2) is 8.08. The maximum Gasteiger partial charge on any atom is 0.251 e. The minimum atomic E-state index is -3.35. The number of carbonyl (C=O) groups is 1. The van der Waals surface area contributed by atoms with E-state index >= 15 is 0 Å². The second-order valence-electron chi connectivity index (χ2n) is 7.08. The number of anilines is 1. The summed E-state index contributed by atoms with van der Waals surface area (Å²) in [6.07, 6.45) is 2.84. The molecule has 2 aromatic carbocycles. The van der Waals surface area contributed by atoms with E-state index in [1.54, 1.807) is 30.5 Å². The molecule has 0 aliphatic heterocycles. The summed E-state index contributed by atoms with van der Waals surface area (Å²) in [6.45, 7) is 5.91. The van der Waals surface area contributed by atoms with Crippen molar-refractivity contribution in [2.24, 2.45) is 0 Å². The number of amides is 1. The van der Waals surface area contributed by atoms with E-state index in [2.05, 4.69) is 15.1 Å². The van der Waals surface area contributed by atoms with Gasteiger partial charge in [0, 0.05) is 22.5 Å². The fourth-order valence-corrected chi connectivity index (χ4v) is 3.62. The number of rotatable bonds is 6. The van der Waals surface area contributed by atoms with Crippen molar-refractivity contribution in [2.75, 3.05) is 11.0 Å². The van der Waals surface area contributed by atoms with Crippen LogP contribution in [0.25, 0.3) is 5.69 Å². The van der Waals surface area contributed by atoms with E-state index in [4.69, 9.17) is 0 Å². The molecule has 1 heterocycles. The van der Waals surface area contributed by atoms with Crippen LogP contribution in [-0.2, 0) is 10.0 Å². The summed E-state index contributed by atoms with van der Waals surface area (Å²) in [5.74, 6) is -0.245. The summed E-state index contributed by atoms with van der Waals surface area (Å²) in [5, 5.41) is 7.43. The van der Waals surface area contributed by atoms with Crippen LogP contribution < -0.4 is 10.0 Å². The van der Waals surface area contributed by atoms with Crippen LogP contribution in [0.3, 0.4) is 0 Å². The van der Waals surface area contributed by atoms with Crippen molar-refractivity contribution in [1.29, 1.82) is 0 Å². The van der Waals surface area contributed by atoms with Gasteiger partial charge in [0.15, 0.2) is 0 Å². The Bertz CT molecular complexity index is 1120. The number of sulfonamides is 1. The first kappa shape index (κ1) is 20.6. The number of nitrogens with zero attached hydrogens (tertiary/aromatic N) is 2. The first-order chi connectivity index (χ1) is 13.6. The lowest BCUT2D eigenvalue weighted by atomic mass is 10.1. The molecule has 0 saturated carbocycles. The van der Waals surface area contributed by atoms with Gasteiger partial charge in [-0.2, -0.15) is 5.10 Å². The van der Waals surface area contributed by atoms with Crippen molar-refractivity contribution < 1.29 is 13.2 Å². The third-order valence-corrected chi connectivity index (χ3v) is 5.20. The quantitative estimate of drug-likeness (QED) is 0.649. The smallest absolute Gasteiger partial charge is 0.251 e. The lowest BCUT2D eigenvalue weighted by Gasteiger charge is -2.14. The van der Waals surface area contributed by atoms with Crippen LogP contribution in [0, 0.1) is 13.8 Å². The molecular formula is C21H24N4O3S. The molecule has 8 heteroatoms. The Morgan fingerprint density at radius 1 is 1.03 bits per heavy atom. The molecule has 152 valence electrons. The van der Waals surface area contributed by atoms with E-state index in [0.29, 0.717) is 11.3 Å². The number of aromatic nitrogens is 2. The lowest BCUT2D eigenvalue weighted by molar-refractivity contribution is 0.0940. The topological polar surface area (TPSA) is 93.1 Å². The van der Waals surface area contributed by atoms with E-state index < -0.39 is 10.0 Å². The van der Waals surface area contributed by atoms with E-state index in [9.17, 15) is 13.2 Å². The van der Waals surface area contributed by atoms with Gasteiger partial charge >= 0.3 is 0 Å². The van der Waals surface area contributed by atoms with Crippen LogP contribution in [0.15, 0.2) is 54.7 Å². The Morgan fingerprint density at radius 2 is 1.66 bits per heavy atom. The van der Waals surface area contributed by atoms with Gasteiger partial charge in [0.2, 0.25) is 10.0 Å². The average Bonchev–Trinajstić information content (AvgIpc) is 3.03. The van der Waals surface area contributed by atoms with Gasteiger partial charge in [-0.3, -0.25) is 9.52 Å². The normalized spacial score (nSPS) is 12.4. The van der Waals surface area contributed by atoms with Crippen LogP contribution in [0.2, 0.25) is 0 Å². The highest BCUT2D eigenvalue weighted by Crippen LogP contribution is 2.21. The number of aryl methyl sites for hydroxylation is 1. The van der Waals surface area contributed by atoms with Crippen molar-refractivity contribution in [3.05, 3.63) is 77.1 Å². The minimum Gasteiger partial charge on any atom is -0.345 e. The third kappa shape index (κ3) is 5.03. The molecule has 1 unspecified atom stereocenters. The van der Waals surface area contributed by atoms with Crippen LogP contribution in [0.4, 0.5) is 5.69 Å². The predicted octanol–water partition coefficient (Wildman–Crippen LogP) is 3.35. The fraction of sp³-hybridized carbons (Fsp3) is 0.238.